The van der Waals surface area contributed by atoms with Crippen molar-refractivity contribution in [2.45, 2.75) is 13.0 Å². The van der Waals surface area contributed by atoms with Crippen LogP contribution in [0.5, 0.6) is 0 Å². The Labute approximate surface area is 77.6 Å². The van der Waals surface area contributed by atoms with Gasteiger partial charge in [0.1, 0.15) is 0 Å². The van der Waals surface area contributed by atoms with Gasteiger partial charge in [-0.25, -0.2) is 5.11 Å². The number of hydrogen-bond donors (Lipinski definition) is 1. The summed E-state index contributed by atoms with van der Waals surface area (Å²) in [6, 6.07) is 6.08. The second-order valence-corrected chi connectivity index (χ2v) is 2.80. The minimum Gasteiger partial charge on any atom is -0.392 e. The predicted octanol–water partition coefficient (Wildman–Crippen LogP) is 1.10. The SMILES string of the molecule is COC[O].OCc1cccc2c1C2. The van der Waals surface area contributed by atoms with Crippen molar-refractivity contribution < 1.29 is 14.9 Å². The molecule has 2 rings (SSSR count). The lowest BCUT2D eigenvalue weighted by Gasteiger charge is -1.89. The molecule has 0 bridgehead atoms. The van der Waals surface area contributed by atoms with Gasteiger partial charge in [0.2, 0.25) is 0 Å². The Hall–Kier alpha value is -0.900. The first-order valence-corrected chi connectivity index (χ1v) is 4.11. The van der Waals surface area contributed by atoms with E-state index in [1.165, 1.54) is 18.2 Å². The van der Waals surface area contributed by atoms with Gasteiger partial charge in [0.25, 0.3) is 0 Å². The van der Waals surface area contributed by atoms with Crippen molar-refractivity contribution in [3.05, 3.63) is 34.9 Å². The van der Waals surface area contributed by atoms with Crippen LogP contribution < -0.4 is 0 Å². The van der Waals surface area contributed by atoms with E-state index in [2.05, 4.69) is 10.8 Å². The van der Waals surface area contributed by atoms with E-state index in [9.17, 15) is 0 Å². The maximum Gasteiger partial charge on any atom is 0.180 e. The molecule has 0 atom stereocenters. The van der Waals surface area contributed by atoms with Crippen LogP contribution in [0.4, 0.5) is 0 Å². The summed E-state index contributed by atoms with van der Waals surface area (Å²) < 4.78 is 3.99. The zero-order chi connectivity index (χ0) is 9.68. The monoisotopic (exact) mass is 181 g/mol. The minimum absolute atomic E-state index is 0.198. The van der Waals surface area contributed by atoms with E-state index in [1.807, 2.05) is 12.1 Å². The molecule has 0 unspecified atom stereocenters. The maximum absolute atomic E-state index is 9.08. The Morgan fingerprint density at radius 2 is 2.23 bits per heavy atom. The van der Waals surface area contributed by atoms with Gasteiger partial charge in [0, 0.05) is 7.11 Å². The molecule has 0 fully saturated rings. The molecule has 0 saturated carbocycles. The van der Waals surface area contributed by atoms with Gasteiger partial charge in [-0.1, -0.05) is 18.2 Å². The van der Waals surface area contributed by atoms with Gasteiger partial charge in [-0.15, -0.1) is 0 Å². The van der Waals surface area contributed by atoms with Crippen molar-refractivity contribution in [2.24, 2.45) is 0 Å². The summed E-state index contributed by atoms with van der Waals surface area (Å²) in [6.45, 7) is -0.233. The van der Waals surface area contributed by atoms with Crippen LogP contribution in [0.2, 0.25) is 0 Å². The van der Waals surface area contributed by atoms with E-state index in [0.29, 0.717) is 0 Å². The lowest BCUT2D eigenvalue weighted by Crippen LogP contribution is -1.79. The molecule has 0 aliphatic heterocycles. The first-order chi connectivity index (χ1) is 6.33. The number of hydrogen-bond acceptors (Lipinski definition) is 2. The average molecular weight is 181 g/mol. The van der Waals surface area contributed by atoms with Crippen molar-refractivity contribution >= 4 is 0 Å². The topological polar surface area (TPSA) is 49.4 Å². The van der Waals surface area contributed by atoms with E-state index >= 15 is 0 Å². The molecule has 1 aromatic rings. The second-order valence-electron chi connectivity index (χ2n) is 2.80. The fourth-order valence-electron chi connectivity index (χ4n) is 1.15. The highest BCUT2D eigenvalue weighted by atomic mass is 16.6. The Balaban J connectivity index is 0.000000184. The summed E-state index contributed by atoms with van der Waals surface area (Å²) >= 11 is 0. The molecule has 0 amide bonds. The Bertz CT molecular complexity index is 269. The highest BCUT2D eigenvalue weighted by Crippen LogP contribution is 2.30. The number of benzene rings is 1. The number of methoxy groups -OCH3 is 1. The number of rotatable bonds is 2. The van der Waals surface area contributed by atoms with Crippen molar-refractivity contribution in [3.8, 4) is 0 Å². The van der Waals surface area contributed by atoms with Gasteiger partial charge in [0.05, 0.1) is 6.61 Å². The number of fused-ring (bicyclic) bond motifs is 1. The third-order valence-electron chi connectivity index (χ3n) is 1.90. The van der Waals surface area contributed by atoms with Crippen molar-refractivity contribution in [1.29, 1.82) is 0 Å². The highest BCUT2D eigenvalue weighted by Gasteiger charge is 2.18. The molecular weight excluding hydrogens is 168 g/mol. The van der Waals surface area contributed by atoms with Crippen LogP contribution in [0, 0.1) is 0 Å². The van der Waals surface area contributed by atoms with Gasteiger partial charge >= 0.3 is 0 Å². The molecule has 71 valence electrons. The molecule has 0 heterocycles. The largest absolute Gasteiger partial charge is 0.392 e. The van der Waals surface area contributed by atoms with E-state index < -0.39 is 6.79 Å². The summed E-state index contributed by atoms with van der Waals surface area (Å²) in [6.07, 6.45) is 1.10. The molecule has 1 radical (unpaired) electrons. The average Bonchev–Trinajstić information content (AvgIpc) is 2.96. The van der Waals surface area contributed by atoms with E-state index in [-0.39, 0.29) is 6.61 Å². The number of aliphatic hydroxyl groups is 1. The van der Waals surface area contributed by atoms with E-state index in [1.54, 1.807) is 0 Å². The standard InChI is InChI=1S/C8H8O.C2H5O2/c9-5-7-3-1-2-6-4-8(6)7;1-4-2-3/h1-3,9H,4-5H2;2H2,1H3. The summed E-state index contributed by atoms with van der Waals surface area (Å²) in [5.74, 6) is 0. The number of ether oxygens (including phenoxy) is 1. The van der Waals surface area contributed by atoms with Crippen molar-refractivity contribution in [1.82, 2.24) is 0 Å². The smallest absolute Gasteiger partial charge is 0.180 e. The van der Waals surface area contributed by atoms with Crippen LogP contribution in [-0.4, -0.2) is 19.0 Å². The highest BCUT2D eigenvalue weighted by molar-refractivity contribution is 5.50. The van der Waals surface area contributed by atoms with Crippen LogP contribution in [0.1, 0.15) is 16.7 Å². The molecular formula is C10H13O3. The molecule has 0 saturated heterocycles. The molecule has 3 nitrogen and oxygen atoms in total. The summed E-state index contributed by atoms with van der Waals surface area (Å²) in [5.41, 5.74) is 3.87. The van der Waals surface area contributed by atoms with Gasteiger partial charge in [-0.2, -0.15) is 0 Å². The molecule has 1 aliphatic rings. The Morgan fingerprint density at radius 3 is 2.69 bits per heavy atom. The molecule has 13 heavy (non-hydrogen) atoms. The zero-order valence-corrected chi connectivity index (χ0v) is 7.62. The van der Waals surface area contributed by atoms with Gasteiger partial charge < -0.3 is 9.84 Å². The van der Waals surface area contributed by atoms with E-state index in [4.69, 9.17) is 10.2 Å². The van der Waals surface area contributed by atoms with Gasteiger partial charge in [0.15, 0.2) is 6.79 Å². The van der Waals surface area contributed by atoms with Crippen LogP contribution in [0.3, 0.4) is 0 Å². The molecule has 0 aromatic heterocycles. The molecule has 1 aliphatic carbocycles. The van der Waals surface area contributed by atoms with Gasteiger partial charge in [-0.05, 0) is 23.1 Å². The fourth-order valence-corrected chi connectivity index (χ4v) is 1.15. The maximum atomic E-state index is 9.08. The van der Waals surface area contributed by atoms with Crippen LogP contribution in [0.15, 0.2) is 18.2 Å². The third kappa shape index (κ3) is 2.81. The normalized spacial score (nSPS) is 11.3. The molecule has 1 N–H and O–H groups in total. The summed E-state index contributed by atoms with van der Waals surface area (Å²) in [7, 11) is 1.37. The predicted molar refractivity (Wildman–Crippen MR) is 47.7 cm³/mol. The van der Waals surface area contributed by atoms with Crippen molar-refractivity contribution in [3.63, 3.8) is 0 Å². The first-order valence-electron chi connectivity index (χ1n) is 4.11. The summed E-state index contributed by atoms with van der Waals surface area (Å²) in [5, 5.41) is 17.8. The quantitative estimate of drug-likeness (QED) is 0.705. The number of aliphatic hydroxyl groups excluding tert-OH is 1. The molecule has 0 spiro atoms. The third-order valence-corrected chi connectivity index (χ3v) is 1.90. The lowest BCUT2D eigenvalue weighted by atomic mass is 10.2. The van der Waals surface area contributed by atoms with Gasteiger partial charge in [-0.3, -0.25) is 0 Å². The second kappa shape index (κ2) is 4.97. The molecule has 3 heteroatoms. The Kier molecular flexibility index (Phi) is 3.89. The van der Waals surface area contributed by atoms with Crippen molar-refractivity contribution in [2.75, 3.05) is 13.9 Å². The van der Waals surface area contributed by atoms with Crippen LogP contribution in [-0.2, 0) is 22.9 Å². The first kappa shape index (κ1) is 10.2. The fraction of sp³-hybridized carbons (Fsp3) is 0.400. The molecule has 1 aromatic carbocycles. The minimum atomic E-state index is -0.431. The van der Waals surface area contributed by atoms with Crippen LogP contribution in [0.25, 0.3) is 0 Å². The summed E-state index contributed by atoms with van der Waals surface area (Å²) in [4.78, 5) is 0. The van der Waals surface area contributed by atoms with E-state index in [0.717, 1.165) is 12.0 Å². The lowest BCUT2D eigenvalue weighted by molar-refractivity contribution is -0.0165. The zero-order valence-electron chi connectivity index (χ0n) is 7.62. The van der Waals surface area contributed by atoms with Crippen LogP contribution >= 0.6 is 0 Å². The Morgan fingerprint density at radius 1 is 1.54 bits per heavy atom.